The molecule has 0 radical (unpaired) electrons. The van der Waals surface area contributed by atoms with Gasteiger partial charge in [0.05, 0.1) is 4.90 Å². The highest BCUT2D eigenvalue weighted by atomic mass is 32.2. The van der Waals surface area contributed by atoms with Crippen molar-refractivity contribution in [3.05, 3.63) is 76.9 Å². The van der Waals surface area contributed by atoms with Crippen LogP contribution in [-0.2, 0) is 21.9 Å². The molecule has 2 aliphatic rings. The molecule has 0 aromatic heterocycles. The number of aryl methyl sites for hydroxylation is 2. The Balaban J connectivity index is 1.49. The lowest BCUT2D eigenvalue weighted by atomic mass is 9.77. The Morgan fingerprint density at radius 3 is 2.48 bits per heavy atom. The summed E-state index contributed by atoms with van der Waals surface area (Å²) in [5.41, 5.74) is 5.59. The molecule has 1 aliphatic heterocycles. The third kappa shape index (κ3) is 3.48. The Bertz CT molecular complexity index is 976. The summed E-state index contributed by atoms with van der Waals surface area (Å²) >= 11 is 0. The van der Waals surface area contributed by atoms with Crippen molar-refractivity contribution in [3.8, 4) is 0 Å². The van der Waals surface area contributed by atoms with Gasteiger partial charge in [-0.25, -0.2) is 8.42 Å². The van der Waals surface area contributed by atoms with Gasteiger partial charge >= 0.3 is 0 Å². The van der Waals surface area contributed by atoms with Gasteiger partial charge in [0.25, 0.3) is 0 Å². The van der Waals surface area contributed by atoms with E-state index in [0.717, 1.165) is 24.8 Å². The molecule has 0 saturated heterocycles. The van der Waals surface area contributed by atoms with E-state index >= 15 is 0 Å². The summed E-state index contributed by atoms with van der Waals surface area (Å²) in [6.45, 7) is 5.37. The fourth-order valence-electron chi connectivity index (χ4n) is 4.49. The number of rotatable bonds is 4. The van der Waals surface area contributed by atoms with Crippen LogP contribution in [-0.4, -0.2) is 25.8 Å². The van der Waals surface area contributed by atoms with E-state index in [1.165, 1.54) is 23.1 Å². The Labute approximate surface area is 162 Å². The summed E-state index contributed by atoms with van der Waals surface area (Å²) in [6.07, 6.45) is 6.32. The molecule has 0 amide bonds. The zero-order valence-electron chi connectivity index (χ0n) is 16.1. The molecule has 1 atom stereocenters. The van der Waals surface area contributed by atoms with Gasteiger partial charge < -0.3 is 0 Å². The van der Waals surface area contributed by atoms with Crippen molar-refractivity contribution >= 4 is 10.0 Å². The molecule has 1 aliphatic carbocycles. The third-order valence-corrected chi connectivity index (χ3v) is 8.03. The largest absolute Gasteiger partial charge is 0.243 e. The number of benzene rings is 2. The average Bonchev–Trinajstić information content (AvgIpc) is 3.00. The van der Waals surface area contributed by atoms with Gasteiger partial charge in [0.2, 0.25) is 10.0 Å². The zero-order valence-corrected chi connectivity index (χ0v) is 16.9. The maximum absolute atomic E-state index is 12.9. The molecule has 142 valence electrons. The fourth-order valence-corrected chi connectivity index (χ4v) is 5.87. The molecule has 0 bridgehead atoms. The molecular formula is C23H27NO2S. The van der Waals surface area contributed by atoms with Crippen LogP contribution in [0, 0.1) is 6.92 Å². The van der Waals surface area contributed by atoms with Crippen LogP contribution in [0.15, 0.2) is 65.1 Å². The average molecular weight is 382 g/mol. The fraction of sp³-hybridized carbons (Fsp3) is 0.391. The minimum Gasteiger partial charge on any atom is -0.207 e. The number of fused-ring (bicyclic) bond motifs is 1. The normalized spacial score (nSPS) is 23.1. The standard InChI is InChI=1S/C23H27NO2S/c1-18-7-9-21(10-8-18)27(25,26)24-15-12-19(13-16-24)17-23(2)14-11-20-5-3-4-6-22(20)23/h3-10,12H,11,13-17H2,1-2H3/t23-/m1/s1. The van der Waals surface area contributed by atoms with Crippen molar-refractivity contribution < 1.29 is 8.42 Å². The van der Waals surface area contributed by atoms with E-state index in [0.29, 0.717) is 18.0 Å². The minimum absolute atomic E-state index is 0.181. The topological polar surface area (TPSA) is 37.4 Å². The van der Waals surface area contributed by atoms with E-state index in [2.05, 4.69) is 37.3 Å². The number of sulfonamides is 1. The molecule has 0 N–H and O–H groups in total. The van der Waals surface area contributed by atoms with Crippen LogP contribution < -0.4 is 0 Å². The summed E-state index contributed by atoms with van der Waals surface area (Å²) in [5, 5.41) is 0. The zero-order chi connectivity index (χ0) is 19.1. The van der Waals surface area contributed by atoms with Crippen LogP contribution >= 0.6 is 0 Å². The van der Waals surface area contributed by atoms with Crippen molar-refractivity contribution in [1.29, 1.82) is 0 Å². The second-order valence-corrected chi connectivity index (χ2v) is 10.1. The summed E-state index contributed by atoms with van der Waals surface area (Å²) < 4.78 is 27.3. The predicted octanol–water partition coefficient (Wildman–Crippen LogP) is 4.61. The van der Waals surface area contributed by atoms with Gasteiger partial charge in [0.1, 0.15) is 0 Å². The molecule has 0 fully saturated rings. The monoisotopic (exact) mass is 381 g/mol. The van der Waals surface area contributed by atoms with E-state index in [-0.39, 0.29) is 5.41 Å². The number of hydrogen-bond donors (Lipinski definition) is 0. The second-order valence-electron chi connectivity index (χ2n) is 8.18. The van der Waals surface area contributed by atoms with Crippen LogP contribution in [0.25, 0.3) is 0 Å². The van der Waals surface area contributed by atoms with Gasteiger partial charge in [-0.3, -0.25) is 0 Å². The first-order chi connectivity index (χ1) is 12.9. The Morgan fingerprint density at radius 1 is 1.04 bits per heavy atom. The SMILES string of the molecule is Cc1ccc(S(=O)(=O)N2CC=C(C[C@@]3(C)CCc4ccccc43)CC2)cc1. The van der Waals surface area contributed by atoms with E-state index < -0.39 is 10.0 Å². The Morgan fingerprint density at radius 2 is 1.78 bits per heavy atom. The Hall–Kier alpha value is -1.91. The summed E-state index contributed by atoms with van der Waals surface area (Å²) in [5.74, 6) is 0. The molecule has 0 saturated carbocycles. The molecule has 4 rings (SSSR count). The molecule has 4 heteroatoms. The lowest BCUT2D eigenvalue weighted by molar-refractivity contribution is 0.405. The lowest BCUT2D eigenvalue weighted by Gasteiger charge is -2.31. The van der Waals surface area contributed by atoms with E-state index in [9.17, 15) is 8.42 Å². The highest BCUT2D eigenvalue weighted by Gasteiger charge is 2.35. The minimum atomic E-state index is -3.40. The molecule has 1 heterocycles. The first-order valence-corrected chi connectivity index (χ1v) is 11.2. The van der Waals surface area contributed by atoms with Gasteiger partial charge in [0.15, 0.2) is 0 Å². The second kappa shape index (κ2) is 6.92. The molecule has 2 aromatic carbocycles. The molecule has 0 unspecified atom stereocenters. The van der Waals surface area contributed by atoms with Crippen molar-refractivity contribution in [2.75, 3.05) is 13.1 Å². The smallest absolute Gasteiger partial charge is 0.207 e. The van der Waals surface area contributed by atoms with Crippen LogP contribution in [0.1, 0.15) is 42.9 Å². The summed E-state index contributed by atoms with van der Waals surface area (Å²) in [4.78, 5) is 0.390. The predicted molar refractivity (Wildman–Crippen MR) is 109 cm³/mol. The molecule has 3 nitrogen and oxygen atoms in total. The number of nitrogens with zero attached hydrogens (tertiary/aromatic N) is 1. The van der Waals surface area contributed by atoms with Crippen molar-refractivity contribution in [2.45, 2.75) is 49.8 Å². The van der Waals surface area contributed by atoms with Crippen LogP contribution in [0.4, 0.5) is 0 Å². The first kappa shape index (κ1) is 18.5. The lowest BCUT2D eigenvalue weighted by Crippen LogP contribution is -2.35. The van der Waals surface area contributed by atoms with Gasteiger partial charge in [-0.1, -0.05) is 60.5 Å². The van der Waals surface area contributed by atoms with E-state index in [4.69, 9.17) is 0 Å². The third-order valence-electron chi connectivity index (χ3n) is 6.16. The number of hydrogen-bond acceptors (Lipinski definition) is 2. The van der Waals surface area contributed by atoms with Crippen LogP contribution in [0.2, 0.25) is 0 Å². The molecule has 27 heavy (non-hydrogen) atoms. The molecule has 0 spiro atoms. The summed E-state index contributed by atoms with van der Waals surface area (Å²) in [7, 11) is -3.40. The van der Waals surface area contributed by atoms with Gasteiger partial charge in [-0.05, 0) is 61.3 Å². The maximum atomic E-state index is 12.9. The van der Waals surface area contributed by atoms with E-state index in [1.54, 1.807) is 16.4 Å². The first-order valence-electron chi connectivity index (χ1n) is 9.72. The Kier molecular flexibility index (Phi) is 4.73. The quantitative estimate of drug-likeness (QED) is 0.725. The van der Waals surface area contributed by atoms with Crippen LogP contribution in [0.5, 0.6) is 0 Å². The van der Waals surface area contributed by atoms with Gasteiger partial charge in [-0.2, -0.15) is 4.31 Å². The summed E-state index contributed by atoms with van der Waals surface area (Å²) in [6, 6.07) is 15.9. The highest BCUT2D eigenvalue weighted by molar-refractivity contribution is 7.89. The van der Waals surface area contributed by atoms with Gasteiger partial charge in [-0.15, -0.1) is 0 Å². The highest BCUT2D eigenvalue weighted by Crippen LogP contribution is 2.43. The molecule has 2 aromatic rings. The van der Waals surface area contributed by atoms with Crippen molar-refractivity contribution in [3.63, 3.8) is 0 Å². The van der Waals surface area contributed by atoms with E-state index in [1.807, 2.05) is 19.1 Å². The maximum Gasteiger partial charge on any atom is 0.243 e. The van der Waals surface area contributed by atoms with Crippen molar-refractivity contribution in [1.82, 2.24) is 4.31 Å². The van der Waals surface area contributed by atoms with Crippen molar-refractivity contribution in [2.24, 2.45) is 0 Å². The molecular weight excluding hydrogens is 354 g/mol. The van der Waals surface area contributed by atoms with Gasteiger partial charge in [0, 0.05) is 13.1 Å². The van der Waals surface area contributed by atoms with Crippen LogP contribution in [0.3, 0.4) is 0 Å².